The number of aryl methyl sites for hydroxylation is 1. The Hall–Kier alpha value is -1.07. The minimum atomic E-state index is 0.792. The number of ether oxygens (including phenoxy) is 1. The van der Waals surface area contributed by atoms with Gasteiger partial charge < -0.3 is 10.1 Å². The predicted octanol–water partition coefficient (Wildman–Crippen LogP) is 4.67. The van der Waals surface area contributed by atoms with Crippen molar-refractivity contribution in [2.75, 3.05) is 12.4 Å². The molecule has 5 heteroatoms. The number of methoxy groups -OCH3 is 1. The van der Waals surface area contributed by atoms with Gasteiger partial charge in [-0.1, -0.05) is 15.9 Å². The second kappa shape index (κ2) is 5.71. The van der Waals surface area contributed by atoms with Crippen molar-refractivity contribution in [2.45, 2.75) is 6.92 Å². The van der Waals surface area contributed by atoms with Gasteiger partial charge in [0, 0.05) is 20.7 Å². The van der Waals surface area contributed by atoms with Crippen LogP contribution in [0.5, 0.6) is 5.75 Å². The Morgan fingerprint density at radius 1 is 1.17 bits per heavy atom. The molecule has 0 aliphatic carbocycles. The highest BCUT2D eigenvalue weighted by Crippen LogP contribution is 2.27. The molecule has 94 valence electrons. The van der Waals surface area contributed by atoms with Crippen molar-refractivity contribution >= 4 is 43.4 Å². The number of nitrogens with zero attached hydrogens (tertiary/aromatic N) is 1. The predicted molar refractivity (Wildman–Crippen MR) is 80.7 cm³/mol. The van der Waals surface area contributed by atoms with Gasteiger partial charge in [-0.15, -0.1) is 0 Å². The number of hydrogen-bond acceptors (Lipinski definition) is 3. The van der Waals surface area contributed by atoms with Crippen LogP contribution in [-0.2, 0) is 0 Å². The summed E-state index contributed by atoms with van der Waals surface area (Å²) in [5.74, 6) is 1.59. The molecule has 1 heterocycles. The van der Waals surface area contributed by atoms with E-state index in [0.29, 0.717) is 0 Å². The fourth-order valence-electron chi connectivity index (χ4n) is 1.51. The van der Waals surface area contributed by atoms with Crippen molar-refractivity contribution in [3.8, 4) is 5.75 Å². The average Bonchev–Trinajstić information content (AvgIpc) is 2.33. The molecule has 3 nitrogen and oxygen atoms in total. The van der Waals surface area contributed by atoms with E-state index in [9.17, 15) is 0 Å². The lowest BCUT2D eigenvalue weighted by Gasteiger charge is -2.09. The Morgan fingerprint density at radius 3 is 2.61 bits per heavy atom. The van der Waals surface area contributed by atoms with Crippen molar-refractivity contribution in [2.24, 2.45) is 0 Å². The number of benzene rings is 1. The monoisotopic (exact) mass is 370 g/mol. The smallest absolute Gasteiger partial charge is 0.130 e. The molecule has 2 rings (SSSR count). The summed E-state index contributed by atoms with van der Waals surface area (Å²) in [4.78, 5) is 4.44. The number of rotatable bonds is 3. The molecule has 0 spiro atoms. The van der Waals surface area contributed by atoms with E-state index < -0.39 is 0 Å². The highest BCUT2D eigenvalue weighted by Gasteiger charge is 2.02. The lowest BCUT2D eigenvalue weighted by atomic mass is 10.3. The minimum Gasteiger partial charge on any atom is -0.497 e. The number of hydrogen-bond donors (Lipinski definition) is 1. The maximum atomic E-state index is 5.22. The second-order valence-electron chi connectivity index (χ2n) is 3.77. The Kier molecular flexibility index (Phi) is 4.24. The van der Waals surface area contributed by atoms with E-state index in [1.54, 1.807) is 7.11 Å². The standard InChI is InChI=1S/C13H12Br2N2O/c1-8-12(15)3-4-13(16-8)17-10-5-9(14)6-11(7-10)18-2/h3-7H,1-2H3,(H,16,17). The third-order valence-corrected chi connectivity index (χ3v) is 3.70. The first-order chi connectivity index (χ1) is 8.58. The molecular formula is C13H12Br2N2O. The van der Waals surface area contributed by atoms with Gasteiger partial charge in [-0.2, -0.15) is 0 Å². The van der Waals surface area contributed by atoms with Gasteiger partial charge in [0.2, 0.25) is 0 Å². The largest absolute Gasteiger partial charge is 0.497 e. The molecule has 0 bridgehead atoms. The first-order valence-electron chi connectivity index (χ1n) is 5.33. The van der Waals surface area contributed by atoms with Crippen LogP contribution in [0.2, 0.25) is 0 Å². The normalized spacial score (nSPS) is 10.2. The Balaban J connectivity index is 2.27. The average molecular weight is 372 g/mol. The molecule has 0 fully saturated rings. The Labute approximate surface area is 123 Å². The maximum Gasteiger partial charge on any atom is 0.130 e. The summed E-state index contributed by atoms with van der Waals surface area (Å²) in [7, 11) is 1.65. The van der Waals surface area contributed by atoms with E-state index in [0.717, 1.165) is 31.9 Å². The summed E-state index contributed by atoms with van der Waals surface area (Å²) >= 11 is 6.88. The molecule has 0 saturated carbocycles. The number of pyridine rings is 1. The molecule has 0 atom stereocenters. The lowest BCUT2D eigenvalue weighted by Crippen LogP contribution is -1.96. The molecule has 18 heavy (non-hydrogen) atoms. The summed E-state index contributed by atoms with van der Waals surface area (Å²) in [5.41, 5.74) is 1.87. The van der Waals surface area contributed by atoms with Gasteiger partial charge in [0.25, 0.3) is 0 Å². The zero-order valence-electron chi connectivity index (χ0n) is 10.00. The molecule has 0 radical (unpaired) electrons. The molecule has 0 aliphatic rings. The zero-order chi connectivity index (χ0) is 13.1. The molecular weight excluding hydrogens is 360 g/mol. The Morgan fingerprint density at radius 2 is 1.94 bits per heavy atom. The van der Waals surface area contributed by atoms with Gasteiger partial charge in [0.1, 0.15) is 11.6 Å². The third-order valence-electron chi connectivity index (χ3n) is 2.40. The summed E-state index contributed by atoms with van der Waals surface area (Å²) in [5, 5.41) is 3.25. The molecule has 1 aromatic carbocycles. The van der Waals surface area contributed by atoms with Gasteiger partial charge in [-0.3, -0.25) is 0 Å². The number of anilines is 2. The molecule has 1 N–H and O–H groups in total. The third kappa shape index (κ3) is 3.23. The lowest BCUT2D eigenvalue weighted by molar-refractivity contribution is 0.415. The van der Waals surface area contributed by atoms with E-state index >= 15 is 0 Å². The van der Waals surface area contributed by atoms with E-state index in [-0.39, 0.29) is 0 Å². The summed E-state index contributed by atoms with van der Waals surface area (Å²) in [6.07, 6.45) is 0. The van der Waals surface area contributed by atoms with E-state index in [2.05, 4.69) is 42.2 Å². The highest BCUT2D eigenvalue weighted by molar-refractivity contribution is 9.10. The molecule has 0 aliphatic heterocycles. The van der Waals surface area contributed by atoms with Gasteiger partial charge >= 0.3 is 0 Å². The molecule has 1 aromatic heterocycles. The van der Waals surface area contributed by atoms with Crippen LogP contribution in [0.25, 0.3) is 0 Å². The van der Waals surface area contributed by atoms with Crippen LogP contribution in [0.1, 0.15) is 5.69 Å². The van der Waals surface area contributed by atoms with Gasteiger partial charge in [0.05, 0.1) is 12.8 Å². The summed E-state index contributed by atoms with van der Waals surface area (Å²) in [6.45, 7) is 1.96. The number of aromatic nitrogens is 1. The van der Waals surface area contributed by atoms with Crippen LogP contribution in [0.3, 0.4) is 0 Å². The zero-order valence-corrected chi connectivity index (χ0v) is 13.2. The van der Waals surface area contributed by atoms with Crippen LogP contribution in [-0.4, -0.2) is 12.1 Å². The van der Waals surface area contributed by atoms with Crippen LogP contribution >= 0.6 is 31.9 Å². The van der Waals surface area contributed by atoms with Crippen molar-refractivity contribution in [1.29, 1.82) is 0 Å². The van der Waals surface area contributed by atoms with Gasteiger partial charge in [-0.05, 0) is 47.1 Å². The SMILES string of the molecule is COc1cc(Br)cc(Nc2ccc(Br)c(C)n2)c1. The van der Waals surface area contributed by atoms with Crippen LogP contribution < -0.4 is 10.1 Å². The topological polar surface area (TPSA) is 34.1 Å². The van der Waals surface area contributed by atoms with Crippen LogP contribution in [0, 0.1) is 6.92 Å². The fraction of sp³-hybridized carbons (Fsp3) is 0.154. The second-order valence-corrected chi connectivity index (χ2v) is 5.54. The van der Waals surface area contributed by atoms with Crippen molar-refractivity contribution in [3.05, 3.63) is 45.0 Å². The van der Waals surface area contributed by atoms with Crippen LogP contribution in [0.4, 0.5) is 11.5 Å². The van der Waals surface area contributed by atoms with Crippen LogP contribution in [0.15, 0.2) is 39.3 Å². The van der Waals surface area contributed by atoms with E-state index in [4.69, 9.17) is 4.74 Å². The first-order valence-corrected chi connectivity index (χ1v) is 6.92. The quantitative estimate of drug-likeness (QED) is 0.851. The van der Waals surface area contributed by atoms with E-state index in [1.165, 1.54) is 0 Å². The molecule has 0 amide bonds. The van der Waals surface area contributed by atoms with E-state index in [1.807, 2.05) is 37.3 Å². The Bertz CT molecular complexity index is 573. The first kappa shape index (κ1) is 13.4. The summed E-state index contributed by atoms with van der Waals surface area (Å²) in [6, 6.07) is 9.70. The fourth-order valence-corrected chi connectivity index (χ4v) is 2.21. The highest BCUT2D eigenvalue weighted by atomic mass is 79.9. The van der Waals surface area contributed by atoms with Crippen molar-refractivity contribution in [3.63, 3.8) is 0 Å². The van der Waals surface area contributed by atoms with Crippen molar-refractivity contribution in [1.82, 2.24) is 4.98 Å². The van der Waals surface area contributed by atoms with Crippen molar-refractivity contribution < 1.29 is 4.74 Å². The molecule has 2 aromatic rings. The molecule has 0 unspecified atom stereocenters. The maximum absolute atomic E-state index is 5.22. The summed E-state index contributed by atoms with van der Waals surface area (Å²) < 4.78 is 7.17. The molecule has 0 saturated heterocycles. The van der Waals surface area contributed by atoms with Gasteiger partial charge in [-0.25, -0.2) is 4.98 Å². The number of nitrogens with one attached hydrogen (secondary N) is 1. The van der Waals surface area contributed by atoms with Gasteiger partial charge in [0.15, 0.2) is 0 Å². The number of halogens is 2. The minimum absolute atomic E-state index is 0.792.